The van der Waals surface area contributed by atoms with Gasteiger partial charge in [-0.2, -0.15) is 0 Å². The molecule has 4 rings (SSSR count). The van der Waals surface area contributed by atoms with Crippen LogP contribution in [-0.2, 0) is 16.0 Å². The summed E-state index contributed by atoms with van der Waals surface area (Å²) in [5.41, 5.74) is 2.57. The van der Waals surface area contributed by atoms with Crippen molar-refractivity contribution in [1.82, 2.24) is 4.57 Å². The number of esters is 1. The summed E-state index contributed by atoms with van der Waals surface area (Å²) in [5, 5.41) is 10.6. The van der Waals surface area contributed by atoms with Crippen LogP contribution < -0.4 is 24.4 Å². The Balaban J connectivity index is 1.93. The van der Waals surface area contributed by atoms with Gasteiger partial charge < -0.3 is 19.3 Å². The number of rotatable bonds is 9. The summed E-state index contributed by atoms with van der Waals surface area (Å²) >= 11 is 1.23. The van der Waals surface area contributed by atoms with E-state index in [0.29, 0.717) is 56.3 Å². The summed E-state index contributed by atoms with van der Waals surface area (Å²) in [6.07, 6.45) is 3.87. The second-order valence-corrected chi connectivity index (χ2v) is 9.54. The molecule has 0 spiro atoms. The number of hydrogen-bond donors (Lipinski definition) is 1. The maximum Gasteiger partial charge on any atom is 0.338 e. The number of hydrogen-bond acceptors (Lipinski definition) is 8. The minimum Gasteiger partial charge on any atom is -0.504 e. The van der Waals surface area contributed by atoms with E-state index in [2.05, 4.69) is 11.6 Å². The topological polar surface area (TPSA) is 99.4 Å². The van der Waals surface area contributed by atoms with Crippen LogP contribution in [0.2, 0.25) is 0 Å². The Bertz CT molecular complexity index is 1580. The number of fused-ring (bicyclic) bond motifs is 1. The summed E-state index contributed by atoms with van der Waals surface area (Å²) in [5.74, 6) is 0.534. The number of phenols is 1. The Morgan fingerprint density at radius 2 is 1.95 bits per heavy atom. The van der Waals surface area contributed by atoms with Crippen LogP contribution in [-0.4, -0.2) is 36.0 Å². The molecule has 1 aromatic heterocycles. The number of aromatic nitrogens is 1. The van der Waals surface area contributed by atoms with Crippen LogP contribution in [0.25, 0.3) is 6.08 Å². The van der Waals surface area contributed by atoms with Crippen molar-refractivity contribution in [2.24, 2.45) is 4.99 Å². The van der Waals surface area contributed by atoms with Crippen molar-refractivity contribution < 1.29 is 24.1 Å². The van der Waals surface area contributed by atoms with Gasteiger partial charge in [-0.1, -0.05) is 29.5 Å². The largest absolute Gasteiger partial charge is 0.504 e. The zero-order chi connectivity index (χ0) is 27.4. The Hall–Kier alpha value is -4.11. The van der Waals surface area contributed by atoms with E-state index in [0.717, 1.165) is 5.56 Å². The zero-order valence-electron chi connectivity index (χ0n) is 21.8. The average molecular weight is 535 g/mol. The van der Waals surface area contributed by atoms with E-state index in [9.17, 15) is 14.7 Å². The first-order chi connectivity index (χ1) is 18.3. The molecule has 8 nitrogen and oxygen atoms in total. The molecular formula is C29H30N2O6S. The maximum absolute atomic E-state index is 13.8. The van der Waals surface area contributed by atoms with Crippen LogP contribution in [0.5, 0.6) is 17.2 Å². The molecule has 198 valence electrons. The number of benzene rings is 2. The number of phenolic OH excluding ortho intramolecular Hbond substituents is 1. The summed E-state index contributed by atoms with van der Waals surface area (Å²) in [6.45, 7) is 9.65. The highest BCUT2D eigenvalue weighted by molar-refractivity contribution is 7.07. The van der Waals surface area contributed by atoms with Crippen LogP contribution in [0.15, 0.2) is 70.1 Å². The first-order valence-electron chi connectivity index (χ1n) is 12.3. The molecule has 1 aliphatic heterocycles. The van der Waals surface area contributed by atoms with Gasteiger partial charge in [-0.15, -0.1) is 6.58 Å². The molecule has 0 saturated heterocycles. The monoisotopic (exact) mass is 534 g/mol. The number of allylic oxidation sites excluding steroid dienone is 2. The fraction of sp³-hybridized carbons (Fsp3) is 0.276. The Morgan fingerprint density at radius 3 is 2.58 bits per heavy atom. The number of carbonyl (C=O) groups excluding carboxylic acids is 1. The minimum absolute atomic E-state index is 0.0552. The third-order valence-electron chi connectivity index (χ3n) is 6.09. The van der Waals surface area contributed by atoms with Gasteiger partial charge >= 0.3 is 5.97 Å². The van der Waals surface area contributed by atoms with Gasteiger partial charge in [-0.05, 0) is 68.7 Å². The molecule has 2 aromatic carbocycles. The van der Waals surface area contributed by atoms with Crippen LogP contribution >= 0.6 is 11.3 Å². The van der Waals surface area contributed by atoms with E-state index in [1.807, 2.05) is 19.1 Å². The first-order valence-corrected chi connectivity index (χ1v) is 13.1. The lowest BCUT2D eigenvalue weighted by molar-refractivity contribution is -0.139. The van der Waals surface area contributed by atoms with Crippen LogP contribution in [0, 0.1) is 0 Å². The molecule has 0 amide bonds. The summed E-state index contributed by atoms with van der Waals surface area (Å²) in [7, 11) is 1.58. The van der Waals surface area contributed by atoms with E-state index in [1.54, 1.807) is 57.4 Å². The zero-order valence-corrected chi connectivity index (χ0v) is 22.6. The smallest absolute Gasteiger partial charge is 0.338 e. The molecule has 0 aliphatic carbocycles. The van der Waals surface area contributed by atoms with Gasteiger partial charge in [0, 0.05) is 5.56 Å². The lowest BCUT2D eigenvalue weighted by atomic mass is 9.96. The van der Waals surface area contributed by atoms with Crippen molar-refractivity contribution in [3.8, 4) is 17.2 Å². The quantitative estimate of drug-likeness (QED) is 0.333. The summed E-state index contributed by atoms with van der Waals surface area (Å²) in [6, 6.07) is 10.0. The van der Waals surface area contributed by atoms with Gasteiger partial charge in [-0.3, -0.25) is 9.36 Å². The van der Waals surface area contributed by atoms with Gasteiger partial charge in [0.2, 0.25) is 0 Å². The normalized spacial score (nSPS) is 15.1. The molecule has 3 aromatic rings. The molecule has 0 unspecified atom stereocenters. The van der Waals surface area contributed by atoms with E-state index < -0.39 is 12.0 Å². The summed E-state index contributed by atoms with van der Waals surface area (Å²) < 4.78 is 18.2. The number of carbonyl (C=O) groups is 1. The van der Waals surface area contributed by atoms with E-state index in [-0.39, 0.29) is 17.9 Å². The van der Waals surface area contributed by atoms with E-state index in [1.165, 1.54) is 15.9 Å². The number of ether oxygens (including phenoxy) is 3. The second kappa shape index (κ2) is 11.5. The van der Waals surface area contributed by atoms with Crippen molar-refractivity contribution >= 4 is 23.4 Å². The number of nitrogens with zero attached hydrogens (tertiary/aromatic N) is 2. The molecule has 1 aliphatic rings. The molecule has 0 fully saturated rings. The molecular weight excluding hydrogens is 504 g/mol. The van der Waals surface area contributed by atoms with Gasteiger partial charge in [-0.25, -0.2) is 9.79 Å². The molecule has 9 heteroatoms. The maximum atomic E-state index is 13.8. The van der Waals surface area contributed by atoms with Gasteiger partial charge in [0.15, 0.2) is 16.3 Å². The second-order valence-electron chi connectivity index (χ2n) is 8.53. The highest BCUT2D eigenvalue weighted by atomic mass is 32.1. The fourth-order valence-corrected chi connectivity index (χ4v) is 5.44. The Morgan fingerprint density at radius 1 is 1.21 bits per heavy atom. The van der Waals surface area contributed by atoms with Gasteiger partial charge in [0.05, 0.1) is 42.2 Å². The number of thiazole rings is 1. The minimum atomic E-state index is -0.714. The van der Waals surface area contributed by atoms with Gasteiger partial charge in [0.25, 0.3) is 5.56 Å². The molecule has 0 radical (unpaired) electrons. The van der Waals surface area contributed by atoms with Crippen molar-refractivity contribution in [1.29, 1.82) is 0 Å². The van der Waals surface area contributed by atoms with Gasteiger partial charge in [0.1, 0.15) is 5.75 Å². The standard InChI is InChI=1S/C29H30N2O6S/c1-6-9-20-14-18(15-22(26(20)32)36-7-2)16-23-27(33)31-25(19-10-12-21(35-5)13-11-19)24(28(34)37-8-3)17(4)30-29(31)38-23/h6,10-16,25,32H,1,7-9H2,2-5H3/b23-16+/t25-/m1/s1. The van der Waals surface area contributed by atoms with Crippen molar-refractivity contribution in [3.05, 3.63) is 96.7 Å². The lowest BCUT2D eigenvalue weighted by Gasteiger charge is -2.24. The molecule has 0 bridgehead atoms. The SMILES string of the molecule is C=CCc1cc(/C=c2/sc3n(c2=O)[C@H](c2ccc(OC)cc2)C(C(=O)OCC)=C(C)N=3)cc(OCC)c1O. The van der Waals surface area contributed by atoms with E-state index in [4.69, 9.17) is 14.2 Å². The highest BCUT2D eigenvalue weighted by Gasteiger charge is 2.33. The van der Waals surface area contributed by atoms with Crippen molar-refractivity contribution in [2.75, 3.05) is 20.3 Å². The fourth-order valence-electron chi connectivity index (χ4n) is 4.39. The Labute approximate surface area is 224 Å². The van der Waals surface area contributed by atoms with E-state index >= 15 is 0 Å². The molecule has 2 heterocycles. The Kier molecular flexibility index (Phi) is 8.16. The molecule has 38 heavy (non-hydrogen) atoms. The predicted octanol–water partition coefficient (Wildman–Crippen LogP) is 3.64. The van der Waals surface area contributed by atoms with Crippen LogP contribution in [0.1, 0.15) is 43.5 Å². The predicted molar refractivity (Wildman–Crippen MR) is 147 cm³/mol. The number of aromatic hydroxyl groups is 1. The van der Waals surface area contributed by atoms with Crippen molar-refractivity contribution in [2.45, 2.75) is 33.2 Å². The molecule has 0 saturated carbocycles. The third-order valence-corrected chi connectivity index (χ3v) is 7.07. The lowest BCUT2D eigenvalue weighted by Crippen LogP contribution is -2.39. The van der Waals surface area contributed by atoms with Crippen LogP contribution in [0.3, 0.4) is 0 Å². The van der Waals surface area contributed by atoms with Crippen molar-refractivity contribution in [3.63, 3.8) is 0 Å². The number of methoxy groups -OCH3 is 1. The summed E-state index contributed by atoms with van der Waals surface area (Å²) in [4.78, 5) is 31.9. The average Bonchev–Trinajstić information content (AvgIpc) is 3.20. The molecule has 1 N–H and O–H groups in total. The third kappa shape index (κ3) is 5.15. The molecule has 1 atom stereocenters. The van der Waals surface area contributed by atoms with Crippen LogP contribution in [0.4, 0.5) is 0 Å². The highest BCUT2D eigenvalue weighted by Crippen LogP contribution is 2.33. The first kappa shape index (κ1) is 26.9.